The van der Waals surface area contributed by atoms with E-state index in [1.54, 1.807) is 0 Å². The zero-order valence-corrected chi connectivity index (χ0v) is 8.28. The molecule has 10 heavy (non-hydrogen) atoms. The lowest BCUT2D eigenvalue weighted by atomic mass is 10.1. The summed E-state index contributed by atoms with van der Waals surface area (Å²) in [4.78, 5) is 0. The van der Waals surface area contributed by atoms with Crippen LogP contribution in [0.5, 0.6) is 0 Å². The SMILES string of the molecule is C1=CCC1.C[N+](C)(C)Cl.[Cl-]. The molecule has 0 fully saturated rings. The molecule has 3 heteroatoms. The fourth-order valence-electron chi connectivity index (χ4n) is 0.167. The third kappa shape index (κ3) is 24.0. The van der Waals surface area contributed by atoms with Gasteiger partial charge in [0.05, 0.1) is 21.1 Å². The second-order valence-electron chi connectivity index (χ2n) is 2.90. The minimum absolute atomic E-state index is 0. The molecule has 0 heterocycles. The summed E-state index contributed by atoms with van der Waals surface area (Å²) in [5.41, 5.74) is 0. The second-order valence-corrected chi connectivity index (χ2v) is 3.91. The van der Waals surface area contributed by atoms with Crippen LogP contribution in [0, 0.1) is 0 Å². The normalized spacial score (nSPS) is 14.0. The zero-order valence-electron chi connectivity index (χ0n) is 6.77. The van der Waals surface area contributed by atoms with Gasteiger partial charge in [0.25, 0.3) is 0 Å². The molecule has 0 saturated heterocycles. The first-order valence-electron chi connectivity index (χ1n) is 3.16. The number of quaternary nitrogens is 1. The van der Waals surface area contributed by atoms with E-state index >= 15 is 0 Å². The van der Waals surface area contributed by atoms with Gasteiger partial charge in [0.15, 0.2) is 11.8 Å². The molecule has 1 aliphatic rings. The van der Waals surface area contributed by atoms with Crippen molar-refractivity contribution >= 4 is 11.8 Å². The van der Waals surface area contributed by atoms with Gasteiger partial charge in [-0.3, -0.25) is 0 Å². The quantitative estimate of drug-likeness (QED) is 0.341. The van der Waals surface area contributed by atoms with Gasteiger partial charge in [0.1, 0.15) is 0 Å². The third-order valence-corrected chi connectivity index (χ3v) is 0.667. The van der Waals surface area contributed by atoms with Gasteiger partial charge in [0.2, 0.25) is 0 Å². The van der Waals surface area contributed by atoms with Crippen LogP contribution >= 0.6 is 11.8 Å². The second kappa shape index (κ2) is 6.02. The first-order valence-corrected chi connectivity index (χ1v) is 3.50. The molecule has 0 spiro atoms. The molecule has 0 N–H and O–H groups in total. The topological polar surface area (TPSA) is 0 Å². The van der Waals surface area contributed by atoms with Crippen molar-refractivity contribution in [3.63, 3.8) is 0 Å². The maximum Gasteiger partial charge on any atom is 0.164 e. The number of hydrogen-bond donors (Lipinski definition) is 0. The van der Waals surface area contributed by atoms with E-state index in [2.05, 4.69) is 12.2 Å². The number of nitrogens with zero attached hydrogens (tertiary/aromatic N) is 1. The van der Waals surface area contributed by atoms with E-state index in [1.165, 1.54) is 12.8 Å². The maximum absolute atomic E-state index is 5.47. The van der Waals surface area contributed by atoms with Crippen molar-refractivity contribution < 1.29 is 16.4 Å². The highest BCUT2D eigenvalue weighted by Crippen LogP contribution is 2.01. The minimum Gasteiger partial charge on any atom is -1.00 e. The van der Waals surface area contributed by atoms with Crippen molar-refractivity contribution in [3.8, 4) is 0 Å². The van der Waals surface area contributed by atoms with E-state index in [0.29, 0.717) is 4.00 Å². The van der Waals surface area contributed by atoms with Crippen molar-refractivity contribution in [2.45, 2.75) is 12.8 Å². The van der Waals surface area contributed by atoms with Crippen LogP contribution in [0.15, 0.2) is 12.2 Å². The fourth-order valence-corrected chi connectivity index (χ4v) is 0.167. The van der Waals surface area contributed by atoms with Crippen molar-refractivity contribution in [2.24, 2.45) is 0 Å². The Morgan fingerprint density at radius 2 is 1.20 bits per heavy atom. The molecule has 0 bridgehead atoms. The highest BCUT2D eigenvalue weighted by Gasteiger charge is 1.95. The van der Waals surface area contributed by atoms with Crippen LogP contribution in [0.25, 0.3) is 0 Å². The van der Waals surface area contributed by atoms with Crippen molar-refractivity contribution in [3.05, 3.63) is 12.2 Å². The molecule has 0 amide bonds. The van der Waals surface area contributed by atoms with Gasteiger partial charge in [-0.1, -0.05) is 12.2 Å². The standard InChI is InChI=1S/C4H6.C3H9ClN.ClH/c1-2-4-3-1;1-5(2,3)4;/h1-2H,3-4H2;1-3H3;1H/q;+1;/p-1. The van der Waals surface area contributed by atoms with E-state index in [4.69, 9.17) is 11.8 Å². The van der Waals surface area contributed by atoms with Gasteiger partial charge in [0, 0.05) is 0 Å². The third-order valence-electron chi connectivity index (χ3n) is 0.667. The Morgan fingerprint density at radius 1 is 1.10 bits per heavy atom. The van der Waals surface area contributed by atoms with E-state index in [0.717, 1.165) is 0 Å². The van der Waals surface area contributed by atoms with Crippen molar-refractivity contribution in [1.82, 2.24) is 0 Å². The van der Waals surface area contributed by atoms with Gasteiger partial charge in [-0.25, -0.2) is 4.00 Å². The first kappa shape index (κ1) is 12.9. The molecule has 0 aliphatic heterocycles. The molecule has 0 radical (unpaired) electrons. The minimum atomic E-state index is 0. The lowest BCUT2D eigenvalue weighted by Crippen LogP contribution is -3.00. The Morgan fingerprint density at radius 3 is 1.20 bits per heavy atom. The summed E-state index contributed by atoms with van der Waals surface area (Å²) in [6, 6.07) is 0. The van der Waals surface area contributed by atoms with E-state index in [1.807, 2.05) is 21.1 Å². The van der Waals surface area contributed by atoms with Gasteiger partial charge in [-0.05, 0) is 12.8 Å². The molecule has 0 aromatic carbocycles. The van der Waals surface area contributed by atoms with Crippen molar-refractivity contribution in [1.29, 1.82) is 0 Å². The molecule has 0 saturated carbocycles. The molecule has 62 valence electrons. The van der Waals surface area contributed by atoms with Crippen LogP contribution in [-0.4, -0.2) is 25.1 Å². The average Bonchev–Trinajstić information content (AvgIpc) is 1.12. The van der Waals surface area contributed by atoms with Gasteiger partial charge < -0.3 is 12.4 Å². The Hall–Kier alpha value is 0.280. The molecule has 0 unspecified atom stereocenters. The molecule has 1 rings (SSSR count). The smallest absolute Gasteiger partial charge is 0.164 e. The molecule has 1 aliphatic carbocycles. The number of hydrogen-bond acceptors (Lipinski definition) is 0. The van der Waals surface area contributed by atoms with Crippen LogP contribution in [0.3, 0.4) is 0 Å². The van der Waals surface area contributed by atoms with E-state index in [-0.39, 0.29) is 12.4 Å². The molecule has 0 aromatic heterocycles. The highest BCUT2D eigenvalue weighted by atomic mass is 35.5. The average molecular weight is 184 g/mol. The van der Waals surface area contributed by atoms with Crippen LogP contribution in [0.4, 0.5) is 0 Å². The monoisotopic (exact) mass is 183 g/mol. The highest BCUT2D eigenvalue weighted by molar-refractivity contribution is 6.06. The van der Waals surface area contributed by atoms with Crippen LogP contribution < -0.4 is 12.4 Å². The van der Waals surface area contributed by atoms with Gasteiger partial charge in [-0.15, -0.1) is 0 Å². The molecule has 1 nitrogen and oxygen atoms in total. The summed E-state index contributed by atoms with van der Waals surface area (Å²) in [7, 11) is 5.67. The molecular weight excluding hydrogens is 169 g/mol. The Bertz CT molecular complexity index is 82.3. The maximum atomic E-state index is 5.47. The molecule has 0 atom stereocenters. The predicted molar refractivity (Wildman–Crippen MR) is 42.3 cm³/mol. The van der Waals surface area contributed by atoms with E-state index < -0.39 is 0 Å². The summed E-state index contributed by atoms with van der Waals surface area (Å²) in [5, 5.41) is 0. The summed E-state index contributed by atoms with van der Waals surface area (Å²) < 4.78 is 0.472. The summed E-state index contributed by atoms with van der Waals surface area (Å²) in [6.45, 7) is 0. The summed E-state index contributed by atoms with van der Waals surface area (Å²) in [6.07, 6.45) is 7.00. The van der Waals surface area contributed by atoms with Crippen molar-refractivity contribution in [2.75, 3.05) is 21.1 Å². The van der Waals surface area contributed by atoms with Crippen LogP contribution in [0.2, 0.25) is 0 Å². The lowest BCUT2D eigenvalue weighted by Gasteiger charge is -2.07. The molecule has 0 aromatic rings. The van der Waals surface area contributed by atoms with Crippen LogP contribution in [-0.2, 0) is 0 Å². The molecular formula is C7H15Cl2N. The van der Waals surface area contributed by atoms with Gasteiger partial charge >= 0.3 is 0 Å². The van der Waals surface area contributed by atoms with E-state index in [9.17, 15) is 0 Å². The summed E-state index contributed by atoms with van der Waals surface area (Å²) >= 11 is 5.47. The predicted octanol–water partition coefficient (Wildman–Crippen LogP) is -0.813. The largest absolute Gasteiger partial charge is 1.00 e. The summed E-state index contributed by atoms with van der Waals surface area (Å²) in [5.74, 6) is 0. The lowest BCUT2D eigenvalue weighted by molar-refractivity contribution is -0.747. The fraction of sp³-hybridized carbons (Fsp3) is 0.714. The number of halogens is 2. The number of allylic oxidation sites excluding steroid dienone is 2. The number of rotatable bonds is 0. The first-order chi connectivity index (χ1) is 4.00. The Kier molecular flexibility index (Phi) is 7.77. The van der Waals surface area contributed by atoms with Crippen LogP contribution in [0.1, 0.15) is 12.8 Å². The van der Waals surface area contributed by atoms with Gasteiger partial charge in [-0.2, -0.15) is 0 Å². The Labute approximate surface area is 74.8 Å². The zero-order chi connectivity index (χ0) is 7.33. The Balaban J connectivity index is 0.